The van der Waals surface area contributed by atoms with Crippen LogP contribution in [0.15, 0.2) is 0 Å². The van der Waals surface area contributed by atoms with Gasteiger partial charge in [-0.25, -0.2) is 0 Å². The highest BCUT2D eigenvalue weighted by molar-refractivity contribution is 8.21. The Morgan fingerprint density at radius 1 is 0.947 bits per heavy atom. The number of rotatable bonds is 9. The molecule has 0 radical (unpaired) electrons. The third-order valence-corrected chi connectivity index (χ3v) is 5.08. The van der Waals surface area contributed by atoms with Crippen LogP contribution in [-0.2, 0) is 22.1 Å². The van der Waals surface area contributed by atoms with E-state index in [2.05, 4.69) is 0 Å². The van der Waals surface area contributed by atoms with Gasteiger partial charge in [0.15, 0.2) is 0 Å². The van der Waals surface area contributed by atoms with Crippen LogP contribution >= 0.6 is 10.9 Å². The maximum Gasteiger partial charge on any atom is 0.229 e. The number of hydrogen-bond donors (Lipinski definition) is 0. The van der Waals surface area contributed by atoms with Crippen LogP contribution in [-0.4, -0.2) is 48.8 Å². The molecule has 112 valence electrons. The Morgan fingerprint density at radius 3 is 1.74 bits per heavy atom. The van der Waals surface area contributed by atoms with Crippen LogP contribution in [0.5, 0.6) is 0 Å². The number of likely N-dealkylation sites (tertiary alicyclic amines) is 1. The zero-order chi connectivity index (χ0) is 14.3. The number of carbonyl (C=O) groups is 2. The highest BCUT2D eigenvalue weighted by atomic mass is 32.3. The van der Waals surface area contributed by atoms with Gasteiger partial charge in [-0.2, -0.15) is 0 Å². The predicted octanol–water partition coefficient (Wildman–Crippen LogP) is 1.79. The van der Waals surface area contributed by atoms with E-state index in [0.717, 1.165) is 0 Å². The molecule has 0 atom stereocenters. The Hall–Kier alpha value is -0.630. The molecule has 1 fully saturated rings. The van der Waals surface area contributed by atoms with Gasteiger partial charge in [0.05, 0.1) is 36.4 Å². The summed E-state index contributed by atoms with van der Waals surface area (Å²) in [7, 11) is -2.13. The molecule has 1 saturated heterocycles. The number of nitrogens with zero attached hydrogens (tertiary/aromatic N) is 1. The molecule has 0 aromatic rings. The SMILES string of the molecule is CCOS(CCN1C(=O)CCC1=O)(OCC)OCC. The summed E-state index contributed by atoms with van der Waals surface area (Å²) in [5.74, 6) is 0.158. The second-order valence-electron chi connectivity index (χ2n) is 3.92. The van der Waals surface area contributed by atoms with E-state index < -0.39 is 10.9 Å². The monoisotopic (exact) mass is 293 g/mol. The van der Waals surface area contributed by atoms with Crippen molar-refractivity contribution in [2.75, 3.05) is 32.1 Å². The van der Waals surface area contributed by atoms with E-state index in [1.54, 1.807) is 0 Å². The Balaban J connectivity index is 2.65. The van der Waals surface area contributed by atoms with Gasteiger partial charge in [-0.1, -0.05) is 0 Å². The van der Waals surface area contributed by atoms with Crippen molar-refractivity contribution in [2.24, 2.45) is 0 Å². The third-order valence-electron chi connectivity index (χ3n) is 2.61. The van der Waals surface area contributed by atoms with E-state index in [-0.39, 0.29) is 11.8 Å². The molecule has 0 unspecified atom stereocenters. The normalized spacial score (nSPS) is 17.3. The molecule has 0 aromatic heterocycles. The Labute approximate surface area is 116 Å². The molecule has 0 aliphatic carbocycles. The van der Waals surface area contributed by atoms with Crippen LogP contribution < -0.4 is 0 Å². The molecule has 1 aliphatic rings. The maximum atomic E-state index is 11.6. The van der Waals surface area contributed by atoms with Crippen LogP contribution in [0.25, 0.3) is 0 Å². The Morgan fingerprint density at radius 2 is 1.37 bits per heavy atom. The summed E-state index contributed by atoms with van der Waals surface area (Å²) in [5.41, 5.74) is 0. The van der Waals surface area contributed by atoms with Crippen LogP contribution in [0, 0.1) is 0 Å². The summed E-state index contributed by atoms with van der Waals surface area (Å²) in [5, 5.41) is 0. The van der Waals surface area contributed by atoms with Crippen LogP contribution in [0.4, 0.5) is 0 Å². The smallest absolute Gasteiger partial charge is 0.229 e. The molecule has 19 heavy (non-hydrogen) atoms. The molecule has 0 aromatic carbocycles. The van der Waals surface area contributed by atoms with Crippen molar-refractivity contribution in [3.8, 4) is 0 Å². The van der Waals surface area contributed by atoms with Gasteiger partial charge in [0.25, 0.3) is 0 Å². The molecule has 0 spiro atoms. The van der Waals surface area contributed by atoms with Gasteiger partial charge in [0.2, 0.25) is 11.8 Å². The fraction of sp³-hybridized carbons (Fsp3) is 0.833. The van der Waals surface area contributed by atoms with E-state index in [1.165, 1.54) is 4.90 Å². The molecule has 0 N–H and O–H groups in total. The van der Waals surface area contributed by atoms with Crippen LogP contribution in [0.1, 0.15) is 33.6 Å². The first-order chi connectivity index (χ1) is 9.08. The van der Waals surface area contributed by atoms with Crippen molar-refractivity contribution in [3.05, 3.63) is 0 Å². The van der Waals surface area contributed by atoms with E-state index in [4.69, 9.17) is 12.5 Å². The number of hydrogen-bond acceptors (Lipinski definition) is 5. The lowest BCUT2D eigenvalue weighted by molar-refractivity contribution is -0.137. The van der Waals surface area contributed by atoms with Crippen molar-refractivity contribution in [2.45, 2.75) is 33.6 Å². The maximum absolute atomic E-state index is 11.6. The lowest BCUT2D eigenvalue weighted by Gasteiger charge is -2.37. The van der Waals surface area contributed by atoms with Crippen LogP contribution in [0.3, 0.4) is 0 Å². The quantitative estimate of drug-likeness (QED) is 0.606. The van der Waals surface area contributed by atoms with E-state index >= 15 is 0 Å². The molecule has 2 amide bonds. The summed E-state index contributed by atoms with van der Waals surface area (Å²) < 4.78 is 16.9. The molecule has 6 nitrogen and oxygen atoms in total. The van der Waals surface area contributed by atoms with Gasteiger partial charge >= 0.3 is 0 Å². The second-order valence-corrected chi connectivity index (χ2v) is 6.15. The highest BCUT2D eigenvalue weighted by Gasteiger charge is 2.33. The summed E-state index contributed by atoms with van der Waals surface area (Å²) in [6.07, 6.45) is 0.609. The van der Waals surface area contributed by atoms with Crippen molar-refractivity contribution in [3.63, 3.8) is 0 Å². The molecular formula is C12H23NO5S. The number of carbonyl (C=O) groups excluding carboxylic acids is 2. The minimum absolute atomic E-state index is 0.122. The number of amides is 2. The standard InChI is InChI=1S/C12H23NO5S/c1-4-16-19(17-5-2,18-6-3)10-9-13-11(14)7-8-12(13)15/h4-10H2,1-3H3. The Kier molecular flexibility index (Phi) is 6.78. The zero-order valence-corrected chi connectivity index (χ0v) is 12.7. The average Bonchev–Trinajstić information content (AvgIpc) is 2.68. The number of imide groups is 1. The minimum atomic E-state index is -2.13. The zero-order valence-electron chi connectivity index (χ0n) is 11.8. The van der Waals surface area contributed by atoms with Gasteiger partial charge < -0.3 is 0 Å². The summed E-state index contributed by atoms with van der Waals surface area (Å²) in [4.78, 5) is 24.4. The lowest BCUT2D eigenvalue weighted by Crippen LogP contribution is -2.34. The second kappa shape index (κ2) is 7.84. The largest absolute Gasteiger partial charge is 0.293 e. The first-order valence-corrected chi connectivity index (χ1v) is 8.23. The van der Waals surface area contributed by atoms with E-state index in [1.807, 2.05) is 20.8 Å². The van der Waals surface area contributed by atoms with Gasteiger partial charge in [-0.3, -0.25) is 27.0 Å². The molecule has 1 rings (SSSR count). The molecular weight excluding hydrogens is 270 g/mol. The molecule has 7 heteroatoms. The van der Waals surface area contributed by atoms with Crippen molar-refractivity contribution in [1.82, 2.24) is 4.90 Å². The summed E-state index contributed by atoms with van der Waals surface area (Å²) in [6.45, 7) is 7.31. The minimum Gasteiger partial charge on any atom is -0.293 e. The first-order valence-electron chi connectivity index (χ1n) is 6.65. The van der Waals surface area contributed by atoms with Crippen molar-refractivity contribution < 1.29 is 22.1 Å². The third kappa shape index (κ3) is 4.45. The van der Waals surface area contributed by atoms with Gasteiger partial charge in [-0.15, -0.1) is 0 Å². The molecule has 0 saturated carbocycles. The topological polar surface area (TPSA) is 65.1 Å². The predicted molar refractivity (Wildman–Crippen MR) is 73.3 cm³/mol. The first kappa shape index (κ1) is 16.4. The molecule has 1 aliphatic heterocycles. The lowest BCUT2D eigenvalue weighted by atomic mass is 10.4. The van der Waals surface area contributed by atoms with Crippen LogP contribution in [0.2, 0.25) is 0 Å². The van der Waals surface area contributed by atoms with Gasteiger partial charge in [0.1, 0.15) is 0 Å². The van der Waals surface area contributed by atoms with Gasteiger partial charge in [0, 0.05) is 19.4 Å². The fourth-order valence-corrected chi connectivity index (χ4v) is 3.93. The highest BCUT2D eigenvalue weighted by Crippen LogP contribution is 2.51. The molecule has 0 bridgehead atoms. The fourth-order valence-electron chi connectivity index (χ4n) is 1.89. The van der Waals surface area contributed by atoms with Crippen molar-refractivity contribution >= 4 is 22.7 Å². The van der Waals surface area contributed by atoms with E-state index in [9.17, 15) is 9.59 Å². The average molecular weight is 293 g/mol. The van der Waals surface area contributed by atoms with Crippen molar-refractivity contribution in [1.29, 1.82) is 0 Å². The molecule has 1 heterocycles. The Bertz CT molecular complexity index is 290. The summed E-state index contributed by atoms with van der Waals surface area (Å²) >= 11 is 0. The van der Waals surface area contributed by atoms with Gasteiger partial charge in [-0.05, 0) is 20.8 Å². The van der Waals surface area contributed by atoms with E-state index in [0.29, 0.717) is 45.0 Å². The summed E-state index contributed by atoms with van der Waals surface area (Å²) in [6, 6.07) is 0.